The minimum Gasteiger partial charge on any atom is -0.399 e. The van der Waals surface area contributed by atoms with Crippen molar-refractivity contribution in [3.63, 3.8) is 0 Å². The number of anilines is 1. The topological polar surface area (TPSA) is 68.0 Å². The van der Waals surface area contributed by atoms with Crippen molar-refractivity contribution in [1.29, 1.82) is 0 Å². The van der Waals surface area contributed by atoms with E-state index in [0.717, 1.165) is 37.2 Å². The summed E-state index contributed by atoms with van der Waals surface area (Å²) in [5.41, 5.74) is 1.77. The molecule has 0 aromatic heterocycles. The first kappa shape index (κ1) is 13.3. The fourth-order valence-corrected chi connectivity index (χ4v) is 2.29. The highest BCUT2D eigenvalue weighted by atomic mass is 16.6. The molecule has 0 saturated carbocycles. The third kappa shape index (κ3) is 3.21. The van der Waals surface area contributed by atoms with Gasteiger partial charge in [0, 0.05) is 36.5 Å². The van der Waals surface area contributed by atoms with Crippen LogP contribution in [0.2, 0.25) is 0 Å². The fraction of sp³-hybridized carbons (Fsp3) is 0.462. The first-order chi connectivity index (χ1) is 9.22. The van der Waals surface area contributed by atoms with Crippen LogP contribution >= 0.6 is 0 Å². The number of nitro groups is 1. The smallest absolute Gasteiger partial charge is 0.270 e. The molecule has 0 radical (unpaired) electrons. The molecule has 0 spiro atoms. The zero-order chi connectivity index (χ0) is 13.7. The Morgan fingerprint density at radius 3 is 2.74 bits per heavy atom. The van der Waals surface area contributed by atoms with E-state index in [9.17, 15) is 10.1 Å². The molecule has 1 heterocycles. The van der Waals surface area contributed by atoms with Gasteiger partial charge in [-0.05, 0) is 25.3 Å². The van der Waals surface area contributed by atoms with E-state index in [0.29, 0.717) is 0 Å². The number of benzene rings is 1. The molecule has 0 N–H and O–H groups in total. The molecule has 0 aliphatic carbocycles. The van der Waals surface area contributed by atoms with Crippen molar-refractivity contribution in [2.75, 3.05) is 25.1 Å². The molecule has 6 heteroatoms. The highest BCUT2D eigenvalue weighted by Gasteiger charge is 2.16. The third-order valence-corrected chi connectivity index (χ3v) is 3.22. The number of oxime groups is 1. The van der Waals surface area contributed by atoms with Crippen LogP contribution in [0.4, 0.5) is 11.4 Å². The van der Waals surface area contributed by atoms with Crippen LogP contribution in [0.3, 0.4) is 0 Å². The summed E-state index contributed by atoms with van der Waals surface area (Å²) in [6.45, 7) is 1.96. The molecule has 1 fully saturated rings. The van der Waals surface area contributed by atoms with Gasteiger partial charge in [0.05, 0.1) is 11.1 Å². The first-order valence-electron chi connectivity index (χ1n) is 6.32. The Kier molecular flexibility index (Phi) is 4.33. The number of hydrogen-bond acceptors (Lipinski definition) is 5. The molecule has 0 atom stereocenters. The maximum atomic E-state index is 10.8. The molecule has 6 nitrogen and oxygen atoms in total. The summed E-state index contributed by atoms with van der Waals surface area (Å²) in [6, 6.07) is 4.86. The van der Waals surface area contributed by atoms with Gasteiger partial charge in [0.25, 0.3) is 5.69 Å². The lowest BCUT2D eigenvalue weighted by Crippen LogP contribution is -2.30. The van der Waals surface area contributed by atoms with Crippen LogP contribution in [-0.4, -0.2) is 31.3 Å². The number of non-ortho nitro benzene ring substituents is 1. The summed E-state index contributed by atoms with van der Waals surface area (Å²) in [7, 11) is 1.45. The highest BCUT2D eigenvalue weighted by molar-refractivity contribution is 5.89. The van der Waals surface area contributed by atoms with Gasteiger partial charge >= 0.3 is 0 Å². The molecule has 2 rings (SSSR count). The minimum absolute atomic E-state index is 0.0679. The molecule has 1 aromatic carbocycles. The summed E-state index contributed by atoms with van der Waals surface area (Å²) in [4.78, 5) is 17.3. The van der Waals surface area contributed by atoms with Crippen molar-refractivity contribution >= 4 is 17.6 Å². The molecule has 1 aromatic rings. The van der Waals surface area contributed by atoms with Crippen LogP contribution in [0.5, 0.6) is 0 Å². The van der Waals surface area contributed by atoms with Crippen molar-refractivity contribution in [2.45, 2.75) is 19.3 Å². The van der Waals surface area contributed by atoms with Gasteiger partial charge in [-0.25, -0.2) is 0 Å². The normalized spacial score (nSPS) is 15.7. The fourth-order valence-electron chi connectivity index (χ4n) is 2.29. The van der Waals surface area contributed by atoms with Crippen LogP contribution in [0.25, 0.3) is 0 Å². The lowest BCUT2D eigenvalue weighted by atomic mass is 10.1. The minimum atomic E-state index is -0.399. The summed E-state index contributed by atoms with van der Waals surface area (Å²) in [6.07, 6.45) is 5.07. The number of nitro benzene ring substituents is 1. The third-order valence-electron chi connectivity index (χ3n) is 3.22. The molecule has 1 saturated heterocycles. The van der Waals surface area contributed by atoms with Gasteiger partial charge in [0.15, 0.2) is 0 Å². The monoisotopic (exact) mass is 263 g/mol. The first-order valence-corrected chi connectivity index (χ1v) is 6.32. The molecule has 1 aliphatic rings. The lowest BCUT2D eigenvalue weighted by Gasteiger charge is -2.29. The van der Waals surface area contributed by atoms with E-state index in [4.69, 9.17) is 0 Å². The summed E-state index contributed by atoms with van der Waals surface area (Å²) >= 11 is 0. The molecule has 102 valence electrons. The van der Waals surface area contributed by atoms with Gasteiger partial charge in [0.2, 0.25) is 0 Å². The molecule has 0 amide bonds. The second kappa shape index (κ2) is 6.17. The van der Waals surface area contributed by atoms with E-state index >= 15 is 0 Å². The van der Waals surface area contributed by atoms with Crippen LogP contribution in [0, 0.1) is 10.1 Å². The van der Waals surface area contributed by atoms with Gasteiger partial charge in [-0.3, -0.25) is 10.1 Å². The predicted molar refractivity (Wildman–Crippen MR) is 73.8 cm³/mol. The van der Waals surface area contributed by atoms with E-state index in [1.54, 1.807) is 6.07 Å². The van der Waals surface area contributed by atoms with Crippen molar-refractivity contribution in [3.05, 3.63) is 33.9 Å². The maximum Gasteiger partial charge on any atom is 0.270 e. The summed E-state index contributed by atoms with van der Waals surface area (Å²) in [5, 5.41) is 14.6. The Bertz CT molecular complexity index is 482. The van der Waals surface area contributed by atoms with Crippen LogP contribution in [0.1, 0.15) is 24.8 Å². The highest BCUT2D eigenvalue weighted by Crippen LogP contribution is 2.26. The van der Waals surface area contributed by atoms with E-state index in [2.05, 4.69) is 14.9 Å². The van der Waals surface area contributed by atoms with Crippen LogP contribution in [-0.2, 0) is 4.84 Å². The van der Waals surface area contributed by atoms with E-state index in [-0.39, 0.29) is 5.69 Å². The van der Waals surface area contributed by atoms with Crippen molar-refractivity contribution in [2.24, 2.45) is 5.16 Å². The van der Waals surface area contributed by atoms with Gasteiger partial charge in [-0.1, -0.05) is 5.16 Å². The predicted octanol–water partition coefficient (Wildman–Crippen LogP) is 2.57. The summed E-state index contributed by atoms with van der Waals surface area (Å²) in [5.74, 6) is 0. The zero-order valence-corrected chi connectivity index (χ0v) is 10.9. The van der Waals surface area contributed by atoms with Crippen LogP contribution in [0.15, 0.2) is 23.4 Å². The zero-order valence-electron chi connectivity index (χ0n) is 10.9. The van der Waals surface area contributed by atoms with Crippen molar-refractivity contribution in [1.82, 2.24) is 0 Å². The quantitative estimate of drug-likeness (QED) is 0.475. The van der Waals surface area contributed by atoms with Gasteiger partial charge in [-0.15, -0.1) is 0 Å². The molecule has 19 heavy (non-hydrogen) atoms. The standard InChI is InChI=1S/C13H17N3O3/c1-19-14-10-11-9-12(16(17)18)5-6-13(11)15-7-3-2-4-8-15/h5-6,9-10H,2-4,7-8H2,1H3/b14-10-. The molecular weight excluding hydrogens is 246 g/mol. The Morgan fingerprint density at radius 2 is 2.11 bits per heavy atom. The number of rotatable bonds is 4. The lowest BCUT2D eigenvalue weighted by molar-refractivity contribution is -0.384. The second-order valence-corrected chi connectivity index (χ2v) is 4.47. The molecular formula is C13H17N3O3. The van der Waals surface area contributed by atoms with Gasteiger partial charge in [-0.2, -0.15) is 0 Å². The molecule has 1 aliphatic heterocycles. The Balaban J connectivity index is 2.34. The number of piperidine rings is 1. The van der Waals surface area contributed by atoms with E-state index in [1.165, 1.54) is 31.9 Å². The number of nitrogens with zero attached hydrogens (tertiary/aromatic N) is 3. The van der Waals surface area contributed by atoms with Crippen molar-refractivity contribution in [3.8, 4) is 0 Å². The van der Waals surface area contributed by atoms with Gasteiger partial charge < -0.3 is 9.74 Å². The maximum absolute atomic E-state index is 10.8. The van der Waals surface area contributed by atoms with Gasteiger partial charge in [0.1, 0.15) is 7.11 Å². The SMILES string of the molecule is CO/N=C\c1cc([N+](=O)[O-])ccc1N1CCCCC1. The summed E-state index contributed by atoms with van der Waals surface area (Å²) < 4.78 is 0. The van der Waals surface area contributed by atoms with E-state index < -0.39 is 4.92 Å². The van der Waals surface area contributed by atoms with Crippen molar-refractivity contribution < 1.29 is 9.76 Å². The largest absolute Gasteiger partial charge is 0.399 e. The van der Waals surface area contributed by atoms with Crippen LogP contribution < -0.4 is 4.90 Å². The molecule has 0 bridgehead atoms. The average Bonchev–Trinajstić information content (AvgIpc) is 2.45. The number of hydrogen-bond donors (Lipinski definition) is 0. The van der Waals surface area contributed by atoms with E-state index in [1.807, 2.05) is 0 Å². The Hall–Kier alpha value is -2.11. The average molecular weight is 263 g/mol. The second-order valence-electron chi connectivity index (χ2n) is 4.47. The Morgan fingerprint density at radius 1 is 1.37 bits per heavy atom. The molecule has 0 unspecified atom stereocenters. The Labute approximate surface area is 111 Å².